The van der Waals surface area contributed by atoms with Crippen LogP contribution in [-0.4, -0.2) is 47.8 Å². The summed E-state index contributed by atoms with van der Waals surface area (Å²) >= 11 is 0. The van der Waals surface area contributed by atoms with Crippen molar-refractivity contribution in [2.45, 2.75) is 0 Å². The Bertz CT molecular complexity index is 695. The van der Waals surface area contributed by atoms with Crippen LogP contribution >= 0.6 is 0 Å². The topological polar surface area (TPSA) is 68.8 Å². The molecule has 1 aromatic rings. The van der Waals surface area contributed by atoms with Crippen molar-refractivity contribution in [2.24, 2.45) is 5.92 Å². The number of nitrogens with zero attached hydrogens (tertiary/aromatic N) is 4. The van der Waals surface area contributed by atoms with Crippen LogP contribution in [0.15, 0.2) is 48.6 Å². The Morgan fingerprint density at radius 2 is 1.52 bits per heavy atom. The molecule has 1 aromatic carbocycles. The van der Waals surface area contributed by atoms with Gasteiger partial charge in [-0.25, -0.2) is 0 Å². The standard InChI is InChI=1S/C17H17N4O2/c18-19-15-7-5-14(6-8-15)17(23)21-11-9-20(10-12-21)16(22)13-3-1-2-4-13/h1-8,13H,9-12H2/q+1. The predicted molar refractivity (Wildman–Crippen MR) is 85.4 cm³/mol. The van der Waals surface area contributed by atoms with E-state index in [4.69, 9.17) is 5.39 Å². The number of allylic oxidation sites excluding steroid dienone is 2. The van der Waals surface area contributed by atoms with Gasteiger partial charge in [0.15, 0.2) is 4.98 Å². The third-order valence-electron chi connectivity index (χ3n) is 4.14. The second-order valence-electron chi connectivity index (χ2n) is 5.56. The Morgan fingerprint density at radius 1 is 0.957 bits per heavy atom. The van der Waals surface area contributed by atoms with Crippen LogP contribution < -0.4 is 0 Å². The fourth-order valence-corrected chi connectivity index (χ4v) is 2.79. The fraction of sp³-hybridized carbons (Fsp3) is 0.294. The number of carbonyl (C=O) groups is 2. The molecule has 0 atom stereocenters. The molecule has 2 amide bonds. The molecule has 0 radical (unpaired) electrons. The average Bonchev–Trinajstić information content (AvgIpc) is 3.15. The summed E-state index contributed by atoms with van der Waals surface area (Å²) < 4.78 is 0. The molecule has 0 saturated carbocycles. The Hall–Kier alpha value is -2.94. The largest absolute Gasteiger partial charge is 0.385 e. The highest BCUT2D eigenvalue weighted by molar-refractivity contribution is 5.94. The molecule has 1 fully saturated rings. The highest BCUT2D eigenvalue weighted by Crippen LogP contribution is 2.17. The van der Waals surface area contributed by atoms with E-state index in [1.807, 2.05) is 29.2 Å². The van der Waals surface area contributed by atoms with Gasteiger partial charge < -0.3 is 9.80 Å². The number of benzene rings is 1. The summed E-state index contributed by atoms with van der Waals surface area (Å²) in [5.74, 6) is -0.134. The zero-order valence-corrected chi connectivity index (χ0v) is 12.6. The number of hydrogen-bond acceptors (Lipinski definition) is 3. The number of carbonyl (C=O) groups excluding carboxylic acids is 2. The molecule has 2 aliphatic rings. The molecule has 0 unspecified atom stereocenters. The summed E-state index contributed by atoms with van der Waals surface area (Å²) in [5, 5.41) is 8.67. The second-order valence-corrected chi connectivity index (χ2v) is 5.56. The van der Waals surface area contributed by atoms with Gasteiger partial charge in [0.05, 0.1) is 5.92 Å². The van der Waals surface area contributed by atoms with Crippen molar-refractivity contribution in [1.29, 1.82) is 5.39 Å². The van der Waals surface area contributed by atoms with Gasteiger partial charge in [0.2, 0.25) is 11.3 Å². The lowest BCUT2D eigenvalue weighted by Crippen LogP contribution is -2.51. The number of piperazine rings is 1. The molecule has 0 aromatic heterocycles. The van der Waals surface area contributed by atoms with Gasteiger partial charge in [-0.15, -0.1) is 0 Å². The lowest BCUT2D eigenvalue weighted by Gasteiger charge is -2.35. The monoisotopic (exact) mass is 309 g/mol. The van der Waals surface area contributed by atoms with Crippen molar-refractivity contribution in [3.8, 4) is 0 Å². The fourth-order valence-electron chi connectivity index (χ4n) is 2.79. The minimum Gasteiger partial charge on any atom is -0.338 e. The van der Waals surface area contributed by atoms with E-state index in [9.17, 15) is 9.59 Å². The van der Waals surface area contributed by atoms with E-state index in [1.54, 1.807) is 29.2 Å². The van der Waals surface area contributed by atoms with E-state index in [1.165, 1.54) is 0 Å². The molecule has 1 saturated heterocycles. The molecule has 0 N–H and O–H groups in total. The van der Waals surface area contributed by atoms with Crippen molar-refractivity contribution in [2.75, 3.05) is 26.2 Å². The minimum absolute atomic E-state index is 0.0674. The third-order valence-corrected chi connectivity index (χ3v) is 4.14. The maximum atomic E-state index is 12.4. The zero-order valence-electron chi connectivity index (χ0n) is 12.6. The highest BCUT2D eigenvalue weighted by Gasteiger charge is 2.27. The lowest BCUT2D eigenvalue weighted by atomic mass is 10.1. The SMILES string of the molecule is N#[N+]c1ccc(C(=O)N2CCN(C(=O)C3C=CC=C3)CC2)cc1. The number of amides is 2. The Balaban J connectivity index is 1.58. The normalized spacial score (nSPS) is 17.3. The van der Waals surface area contributed by atoms with Gasteiger partial charge in [-0.2, -0.15) is 0 Å². The first kappa shape index (κ1) is 15.0. The Labute approximate surface area is 134 Å². The molecule has 116 valence electrons. The van der Waals surface area contributed by atoms with Gasteiger partial charge in [0, 0.05) is 43.9 Å². The van der Waals surface area contributed by atoms with Crippen LogP contribution in [0.5, 0.6) is 0 Å². The molecule has 3 rings (SSSR count). The van der Waals surface area contributed by atoms with Crippen LogP contribution in [0.25, 0.3) is 4.98 Å². The third kappa shape index (κ3) is 3.14. The van der Waals surface area contributed by atoms with Gasteiger partial charge in [0.25, 0.3) is 5.91 Å². The van der Waals surface area contributed by atoms with E-state index in [2.05, 4.69) is 4.98 Å². The maximum absolute atomic E-state index is 12.4. The van der Waals surface area contributed by atoms with Crippen molar-refractivity contribution < 1.29 is 9.59 Å². The van der Waals surface area contributed by atoms with Gasteiger partial charge in [-0.05, 0) is 12.1 Å². The number of hydrogen-bond donors (Lipinski definition) is 0. The van der Waals surface area contributed by atoms with Gasteiger partial charge in [-0.3, -0.25) is 9.59 Å². The molecule has 0 bridgehead atoms. The average molecular weight is 309 g/mol. The minimum atomic E-state index is -0.160. The summed E-state index contributed by atoms with van der Waals surface area (Å²) in [6.45, 7) is 2.15. The van der Waals surface area contributed by atoms with Crippen molar-refractivity contribution >= 4 is 17.5 Å². The molecular formula is C17H17N4O2+. The Morgan fingerprint density at radius 3 is 2.09 bits per heavy atom. The van der Waals surface area contributed by atoms with Crippen LogP contribution in [0.3, 0.4) is 0 Å². The van der Waals surface area contributed by atoms with Crippen molar-refractivity contribution in [3.05, 3.63) is 59.1 Å². The quantitative estimate of drug-likeness (QED) is 0.786. The molecule has 1 aliphatic carbocycles. The smallest absolute Gasteiger partial charge is 0.338 e. The summed E-state index contributed by atoms with van der Waals surface area (Å²) in [5.41, 5.74) is 0.966. The zero-order chi connectivity index (χ0) is 16.2. The van der Waals surface area contributed by atoms with E-state index >= 15 is 0 Å². The van der Waals surface area contributed by atoms with Gasteiger partial charge in [-0.1, -0.05) is 24.3 Å². The second kappa shape index (κ2) is 6.44. The van der Waals surface area contributed by atoms with E-state index in [-0.39, 0.29) is 17.7 Å². The molecule has 1 heterocycles. The predicted octanol–water partition coefficient (Wildman–Crippen LogP) is 2.20. The summed E-state index contributed by atoms with van der Waals surface area (Å²) in [6, 6.07) is 6.46. The molecule has 23 heavy (non-hydrogen) atoms. The molecule has 0 spiro atoms. The molecular weight excluding hydrogens is 292 g/mol. The van der Waals surface area contributed by atoms with Crippen LogP contribution in [0, 0.1) is 11.3 Å². The van der Waals surface area contributed by atoms with E-state index in [0.717, 1.165) is 0 Å². The summed E-state index contributed by atoms with van der Waals surface area (Å²) in [4.78, 5) is 31.4. The first-order valence-corrected chi connectivity index (χ1v) is 7.57. The first-order valence-electron chi connectivity index (χ1n) is 7.57. The number of rotatable bonds is 2. The van der Waals surface area contributed by atoms with E-state index < -0.39 is 0 Å². The summed E-state index contributed by atoms with van der Waals surface area (Å²) in [6.07, 6.45) is 7.52. The maximum Gasteiger partial charge on any atom is 0.385 e. The first-order chi connectivity index (χ1) is 11.2. The van der Waals surface area contributed by atoms with Gasteiger partial charge >= 0.3 is 5.69 Å². The lowest BCUT2D eigenvalue weighted by molar-refractivity contribution is -0.134. The van der Waals surface area contributed by atoms with Gasteiger partial charge in [0.1, 0.15) is 0 Å². The number of diazo groups is 1. The van der Waals surface area contributed by atoms with Crippen LogP contribution in [0.1, 0.15) is 10.4 Å². The Kier molecular flexibility index (Phi) is 4.20. The van der Waals surface area contributed by atoms with Crippen molar-refractivity contribution in [3.63, 3.8) is 0 Å². The van der Waals surface area contributed by atoms with Crippen LogP contribution in [-0.2, 0) is 4.79 Å². The molecule has 6 nitrogen and oxygen atoms in total. The van der Waals surface area contributed by atoms with Crippen LogP contribution in [0.4, 0.5) is 5.69 Å². The van der Waals surface area contributed by atoms with Crippen LogP contribution in [0.2, 0.25) is 0 Å². The summed E-state index contributed by atoms with van der Waals surface area (Å²) in [7, 11) is 0. The van der Waals surface area contributed by atoms with E-state index in [0.29, 0.717) is 37.4 Å². The molecule has 6 heteroatoms. The molecule has 1 aliphatic heterocycles. The highest BCUT2D eigenvalue weighted by atomic mass is 16.2. The van der Waals surface area contributed by atoms with Crippen molar-refractivity contribution in [1.82, 2.24) is 9.80 Å².